The molecule has 1 N–H and O–H groups in total. The van der Waals surface area contributed by atoms with Crippen molar-refractivity contribution in [3.05, 3.63) is 45.2 Å². The van der Waals surface area contributed by atoms with Crippen LogP contribution in [0.3, 0.4) is 0 Å². The van der Waals surface area contributed by atoms with Crippen LogP contribution in [0.1, 0.15) is 5.56 Å². The van der Waals surface area contributed by atoms with Crippen molar-refractivity contribution in [2.45, 2.75) is 13.0 Å². The largest absolute Gasteiger partial charge is 0.330 e. The third kappa shape index (κ3) is 2.43. The van der Waals surface area contributed by atoms with Gasteiger partial charge in [-0.25, -0.2) is 4.39 Å². The Bertz CT molecular complexity index is 833. The van der Waals surface area contributed by atoms with Crippen LogP contribution < -0.4 is 0 Å². The maximum absolute atomic E-state index is 13.5. The molecule has 0 amide bonds. The van der Waals surface area contributed by atoms with E-state index in [0.717, 1.165) is 24.0 Å². The second-order valence-electron chi connectivity index (χ2n) is 4.64. The third-order valence-corrected chi connectivity index (χ3v) is 4.13. The molecule has 2 heterocycles. The molecule has 0 saturated heterocycles. The molecule has 4 nitrogen and oxygen atoms in total. The summed E-state index contributed by atoms with van der Waals surface area (Å²) in [6.07, 6.45) is 4.65. The number of aromatic nitrogens is 4. The summed E-state index contributed by atoms with van der Waals surface area (Å²) in [5.74, 6) is -0.298. The maximum atomic E-state index is 13.5. The van der Waals surface area contributed by atoms with Crippen LogP contribution in [0.25, 0.3) is 11.0 Å². The highest BCUT2D eigenvalue weighted by molar-refractivity contribution is 9.10. The van der Waals surface area contributed by atoms with Crippen molar-refractivity contribution < 1.29 is 4.39 Å². The molecule has 0 bridgehead atoms. The van der Waals surface area contributed by atoms with Gasteiger partial charge in [0, 0.05) is 25.9 Å². The van der Waals surface area contributed by atoms with E-state index >= 15 is 0 Å². The van der Waals surface area contributed by atoms with Gasteiger partial charge in [-0.1, -0.05) is 0 Å². The molecule has 20 heavy (non-hydrogen) atoms. The molecule has 0 spiro atoms. The molecule has 0 aliphatic heterocycles. The smallest absolute Gasteiger partial charge is 0.178 e. The van der Waals surface area contributed by atoms with Crippen molar-refractivity contribution in [3.8, 4) is 0 Å². The molecule has 0 aliphatic rings. The number of aryl methyl sites for hydroxylation is 3. The number of imidazole rings is 1. The number of hydrogen-bond donors (Lipinski definition) is 1. The van der Waals surface area contributed by atoms with Crippen LogP contribution in [0, 0.1) is 10.6 Å². The predicted molar refractivity (Wildman–Crippen MR) is 81.7 cm³/mol. The molecule has 0 atom stereocenters. The molecule has 0 saturated carbocycles. The van der Waals surface area contributed by atoms with Gasteiger partial charge in [0.15, 0.2) is 4.77 Å². The second kappa shape index (κ2) is 5.14. The second-order valence-corrected chi connectivity index (χ2v) is 5.88. The van der Waals surface area contributed by atoms with E-state index in [-0.39, 0.29) is 5.82 Å². The van der Waals surface area contributed by atoms with E-state index in [1.165, 1.54) is 6.07 Å². The normalized spacial score (nSPS) is 11.3. The Balaban J connectivity index is 1.96. The Hall–Kier alpha value is -1.47. The first-order valence-electron chi connectivity index (χ1n) is 6.09. The lowest BCUT2D eigenvalue weighted by molar-refractivity contribution is 0.622. The summed E-state index contributed by atoms with van der Waals surface area (Å²) >= 11 is 8.52. The van der Waals surface area contributed by atoms with Crippen molar-refractivity contribution in [1.82, 2.24) is 19.3 Å². The van der Waals surface area contributed by atoms with Crippen LogP contribution in [0.4, 0.5) is 4.39 Å². The number of rotatable bonds is 3. The summed E-state index contributed by atoms with van der Waals surface area (Å²) in [6.45, 7) is 0.725. The number of fused-ring (bicyclic) bond motifs is 1. The highest BCUT2D eigenvalue weighted by Gasteiger charge is 2.09. The van der Waals surface area contributed by atoms with Crippen LogP contribution in [0.5, 0.6) is 0 Å². The number of nitrogens with one attached hydrogen (secondary N) is 1. The molecule has 1 aromatic carbocycles. The molecule has 0 radical (unpaired) electrons. The molecule has 3 rings (SSSR count). The van der Waals surface area contributed by atoms with E-state index in [1.807, 2.05) is 24.0 Å². The fourth-order valence-electron chi connectivity index (χ4n) is 2.22. The molecular formula is C13H12BrFN4S. The van der Waals surface area contributed by atoms with E-state index in [1.54, 1.807) is 10.7 Å². The third-order valence-electron chi connectivity index (χ3n) is 3.20. The zero-order valence-corrected chi connectivity index (χ0v) is 13.1. The van der Waals surface area contributed by atoms with Gasteiger partial charge >= 0.3 is 0 Å². The summed E-state index contributed by atoms with van der Waals surface area (Å²) in [7, 11) is 1.89. The fourth-order valence-corrected chi connectivity index (χ4v) is 2.85. The minimum Gasteiger partial charge on any atom is -0.330 e. The first kappa shape index (κ1) is 13.5. The highest BCUT2D eigenvalue weighted by atomic mass is 79.9. The molecule has 0 fully saturated rings. The first-order chi connectivity index (χ1) is 9.54. The fraction of sp³-hybridized carbons (Fsp3) is 0.231. The minimum absolute atomic E-state index is 0.298. The van der Waals surface area contributed by atoms with Crippen LogP contribution >= 0.6 is 28.1 Å². The minimum atomic E-state index is -0.298. The van der Waals surface area contributed by atoms with Gasteiger partial charge in [-0.05, 0) is 46.2 Å². The Kier molecular flexibility index (Phi) is 3.47. The van der Waals surface area contributed by atoms with Crippen molar-refractivity contribution in [2.24, 2.45) is 7.05 Å². The zero-order chi connectivity index (χ0) is 14.3. The molecule has 2 aromatic heterocycles. The SMILES string of the molecule is Cn1cc(CCn2c(=S)[nH]c3cc(F)c(Br)cc32)cn1. The molecular weight excluding hydrogens is 343 g/mol. The monoisotopic (exact) mass is 354 g/mol. The lowest BCUT2D eigenvalue weighted by Gasteiger charge is -2.04. The van der Waals surface area contributed by atoms with Gasteiger partial charge < -0.3 is 9.55 Å². The molecule has 104 valence electrons. The number of nitrogens with zero attached hydrogens (tertiary/aromatic N) is 3. The lowest BCUT2D eigenvalue weighted by Crippen LogP contribution is -2.01. The molecule has 0 aliphatic carbocycles. The average molecular weight is 355 g/mol. The van der Waals surface area contributed by atoms with Crippen molar-refractivity contribution >= 4 is 39.2 Å². The van der Waals surface area contributed by atoms with Crippen molar-refractivity contribution in [2.75, 3.05) is 0 Å². The summed E-state index contributed by atoms with van der Waals surface area (Å²) in [5.41, 5.74) is 2.75. The van der Waals surface area contributed by atoms with E-state index in [0.29, 0.717) is 14.8 Å². The Morgan fingerprint density at radius 1 is 1.45 bits per heavy atom. The summed E-state index contributed by atoms with van der Waals surface area (Å²) < 4.78 is 18.3. The van der Waals surface area contributed by atoms with Gasteiger partial charge in [0.25, 0.3) is 0 Å². The number of aromatic amines is 1. The highest BCUT2D eigenvalue weighted by Crippen LogP contribution is 2.23. The van der Waals surface area contributed by atoms with Gasteiger partial charge in [0.2, 0.25) is 0 Å². The molecule has 3 aromatic rings. The van der Waals surface area contributed by atoms with E-state index in [9.17, 15) is 4.39 Å². The topological polar surface area (TPSA) is 38.5 Å². The van der Waals surface area contributed by atoms with Crippen molar-refractivity contribution in [1.29, 1.82) is 0 Å². The van der Waals surface area contributed by atoms with Crippen LogP contribution in [0.15, 0.2) is 29.0 Å². The van der Waals surface area contributed by atoms with E-state index in [4.69, 9.17) is 12.2 Å². The average Bonchev–Trinajstić information content (AvgIpc) is 2.92. The van der Waals surface area contributed by atoms with Gasteiger partial charge in [0.1, 0.15) is 5.82 Å². The molecule has 0 unspecified atom stereocenters. The Morgan fingerprint density at radius 2 is 2.25 bits per heavy atom. The van der Waals surface area contributed by atoms with Crippen LogP contribution in [-0.4, -0.2) is 19.3 Å². The summed E-state index contributed by atoms with van der Waals surface area (Å²) in [6, 6.07) is 3.20. The van der Waals surface area contributed by atoms with Crippen LogP contribution in [0.2, 0.25) is 0 Å². The quantitative estimate of drug-likeness (QED) is 0.730. The van der Waals surface area contributed by atoms with Crippen molar-refractivity contribution in [3.63, 3.8) is 0 Å². The van der Waals surface area contributed by atoms with Gasteiger partial charge in [-0.15, -0.1) is 0 Å². The van der Waals surface area contributed by atoms with E-state index < -0.39 is 0 Å². The Labute approximate surface area is 128 Å². The standard InChI is InChI=1S/C13H12BrFN4S/c1-18-7-8(6-16-18)2-3-19-12-4-9(14)10(15)5-11(12)17-13(19)20/h4-7H,2-3H2,1H3,(H,17,20). The Morgan fingerprint density at radius 3 is 2.95 bits per heavy atom. The lowest BCUT2D eigenvalue weighted by atomic mass is 10.2. The van der Waals surface area contributed by atoms with Gasteiger partial charge in [-0.2, -0.15) is 5.10 Å². The summed E-state index contributed by atoms with van der Waals surface area (Å²) in [5, 5.41) is 4.14. The summed E-state index contributed by atoms with van der Waals surface area (Å²) in [4.78, 5) is 3.03. The van der Waals surface area contributed by atoms with Gasteiger partial charge in [-0.3, -0.25) is 4.68 Å². The molecule has 7 heteroatoms. The van der Waals surface area contributed by atoms with E-state index in [2.05, 4.69) is 26.0 Å². The number of halogens is 2. The zero-order valence-electron chi connectivity index (χ0n) is 10.7. The number of benzene rings is 1. The number of hydrogen-bond acceptors (Lipinski definition) is 2. The van der Waals surface area contributed by atoms with Gasteiger partial charge in [0.05, 0.1) is 21.7 Å². The van der Waals surface area contributed by atoms with Crippen LogP contribution in [-0.2, 0) is 20.0 Å². The number of H-pyrrole nitrogens is 1. The maximum Gasteiger partial charge on any atom is 0.178 e. The first-order valence-corrected chi connectivity index (χ1v) is 7.30. The predicted octanol–water partition coefficient (Wildman–Crippen LogP) is 3.58.